The average molecular weight is 512 g/mol. The highest BCUT2D eigenvalue weighted by Gasteiger charge is 2.28. The SMILES string of the molecule is FC(F)c1nc2ccccc2n1-c1cc(N2CCOCC2)nc(N[C@H]2CC[C@H](N3CCCCC3)CC2)n1. The van der Waals surface area contributed by atoms with Crippen LogP contribution in [-0.2, 0) is 4.74 Å². The normalized spacial score (nSPS) is 23.6. The van der Waals surface area contributed by atoms with Crippen LogP contribution in [0.1, 0.15) is 57.2 Å². The minimum Gasteiger partial charge on any atom is -0.378 e. The number of rotatable bonds is 6. The van der Waals surface area contributed by atoms with Gasteiger partial charge in [0.1, 0.15) is 11.6 Å². The van der Waals surface area contributed by atoms with Crippen LogP contribution in [-0.4, -0.2) is 75.9 Å². The van der Waals surface area contributed by atoms with Crippen molar-refractivity contribution in [2.24, 2.45) is 0 Å². The van der Waals surface area contributed by atoms with Crippen LogP contribution >= 0.6 is 0 Å². The van der Waals surface area contributed by atoms with Crippen molar-refractivity contribution in [2.75, 3.05) is 49.6 Å². The molecule has 3 fully saturated rings. The Balaban J connectivity index is 1.29. The maximum absolute atomic E-state index is 14.1. The Morgan fingerprint density at radius 2 is 1.59 bits per heavy atom. The summed E-state index contributed by atoms with van der Waals surface area (Å²) in [7, 11) is 0. The van der Waals surface area contributed by atoms with Gasteiger partial charge in [0.25, 0.3) is 6.43 Å². The third-order valence-corrected chi connectivity index (χ3v) is 7.98. The van der Waals surface area contributed by atoms with Crippen LogP contribution < -0.4 is 10.2 Å². The fourth-order valence-electron chi connectivity index (χ4n) is 6.04. The Kier molecular flexibility index (Phi) is 7.19. The summed E-state index contributed by atoms with van der Waals surface area (Å²) >= 11 is 0. The summed E-state index contributed by atoms with van der Waals surface area (Å²) in [4.78, 5) is 18.6. The van der Waals surface area contributed by atoms with E-state index in [-0.39, 0.29) is 11.9 Å². The lowest BCUT2D eigenvalue weighted by molar-refractivity contribution is 0.122. The summed E-state index contributed by atoms with van der Waals surface area (Å²) in [5.74, 6) is 1.31. The van der Waals surface area contributed by atoms with Gasteiger partial charge in [-0.05, 0) is 63.7 Å². The number of para-hydroxylation sites is 2. The van der Waals surface area contributed by atoms with Gasteiger partial charge in [0.05, 0.1) is 24.2 Å². The molecule has 2 aromatic heterocycles. The molecule has 3 aliphatic rings. The van der Waals surface area contributed by atoms with E-state index in [2.05, 4.69) is 20.1 Å². The van der Waals surface area contributed by atoms with E-state index < -0.39 is 6.43 Å². The molecule has 0 amide bonds. The lowest BCUT2D eigenvalue weighted by Crippen LogP contribution is -2.43. The number of alkyl halides is 2. The summed E-state index contributed by atoms with van der Waals surface area (Å²) in [5, 5.41) is 3.56. The van der Waals surface area contributed by atoms with Crippen LogP contribution in [0.15, 0.2) is 30.3 Å². The largest absolute Gasteiger partial charge is 0.378 e. The molecule has 10 heteroatoms. The summed E-state index contributed by atoms with van der Waals surface area (Å²) in [6, 6.07) is 9.93. The predicted molar refractivity (Wildman–Crippen MR) is 140 cm³/mol. The zero-order valence-electron chi connectivity index (χ0n) is 21.2. The van der Waals surface area contributed by atoms with Crippen LogP contribution in [0, 0.1) is 0 Å². The topological polar surface area (TPSA) is 71.3 Å². The molecule has 1 N–H and O–H groups in total. The van der Waals surface area contributed by atoms with Crippen LogP contribution in [0.25, 0.3) is 16.9 Å². The van der Waals surface area contributed by atoms with E-state index in [1.54, 1.807) is 24.3 Å². The Hall–Kier alpha value is -2.85. The molecule has 1 saturated carbocycles. The fourth-order valence-corrected chi connectivity index (χ4v) is 6.04. The second kappa shape index (κ2) is 10.9. The van der Waals surface area contributed by atoms with Crippen molar-refractivity contribution < 1.29 is 13.5 Å². The molecule has 0 unspecified atom stereocenters. The van der Waals surface area contributed by atoms with Crippen molar-refractivity contribution >= 4 is 22.8 Å². The molecule has 0 spiro atoms. The van der Waals surface area contributed by atoms with Gasteiger partial charge in [-0.1, -0.05) is 18.6 Å². The van der Waals surface area contributed by atoms with Crippen LogP contribution in [0.5, 0.6) is 0 Å². The maximum atomic E-state index is 14.1. The van der Waals surface area contributed by atoms with Gasteiger partial charge in [0.15, 0.2) is 5.82 Å². The first-order valence-electron chi connectivity index (χ1n) is 13.6. The van der Waals surface area contributed by atoms with Crippen molar-refractivity contribution in [1.82, 2.24) is 24.4 Å². The molecule has 6 rings (SSSR count). The van der Waals surface area contributed by atoms with Crippen molar-refractivity contribution in [1.29, 1.82) is 0 Å². The number of piperidine rings is 1. The van der Waals surface area contributed by atoms with E-state index in [1.807, 2.05) is 6.07 Å². The highest BCUT2D eigenvalue weighted by molar-refractivity contribution is 5.78. The molecule has 0 bridgehead atoms. The standard InChI is InChI=1S/C27H35F2N7O/c28-25(29)26-31-21-6-2-3-7-22(21)36(26)24-18-23(35-14-16-37-17-15-35)32-27(33-24)30-19-8-10-20(11-9-19)34-12-4-1-5-13-34/h2-3,6-7,18-20,25H,1,4-5,8-17H2,(H,30,32,33)/t19-,20-. The van der Waals surface area contributed by atoms with E-state index in [1.165, 1.54) is 36.9 Å². The Bertz CT molecular complexity index is 1200. The number of halogens is 2. The molecule has 8 nitrogen and oxygen atoms in total. The molecule has 0 atom stereocenters. The number of nitrogens with zero attached hydrogens (tertiary/aromatic N) is 6. The summed E-state index contributed by atoms with van der Waals surface area (Å²) in [5.41, 5.74) is 1.13. The molecule has 198 valence electrons. The quantitative estimate of drug-likeness (QED) is 0.510. The van der Waals surface area contributed by atoms with Gasteiger partial charge in [-0.25, -0.2) is 13.8 Å². The molecule has 4 heterocycles. The smallest absolute Gasteiger partial charge is 0.296 e. The van der Waals surface area contributed by atoms with Gasteiger partial charge in [-0.3, -0.25) is 4.57 Å². The Morgan fingerprint density at radius 1 is 0.865 bits per heavy atom. The van der Waals surface area contributed by atoms with Gasteiger partial charge in [-0.2, -0.15) is 9.97 Å². The number of aromatic nitrogens is 4. The average Bonchev–Trinajstić information content (AvgIpc) is 3.35. The van der Waals surface area contributed by atoms with Gasteiger partial charge in [-0.15, -0.1) is 0 Å². The number of ether oxygens (including phenoxy) is 1. The van der Waals surface area contributed by atoms with Gasteiger partial charge < -0.3 is 19.9 Å². The second-order valence-corrected chi connectivity index (χ2v) is 10.3. The second-order valence-electron chi connectivity index (χ2n) is 10.3. The summed E-state index contributed by atoms with van der Waals surface area (Å²) in [6.07, 6.45) is 5.68. The molecule has 2 saturated heterocycles. The number of morpholine rings is 1. The number of nitrogens with one attached hydrogen (secondary N) is 1. The molecule has 0 radical (unpaired) electrons. The van der Waals surface area contributed by atoms with E-state index >= 15 is 0 Å². The number of hydrogen-bond donors (Lipinski definition) is 1. The molecule has 1 aromatic carbocycles. The first kappa shape index (κ1) is 24.5. The van der Waals surface area contributed by atoms with Crippen LogP contribution in [0.2, 0.25) is 0 Å². The first-order valence-corrected chi connectivity index (χ1v) is 13.6. The lowest BCUT2D eigenvalue weighted by atomic mass is 9.89. The summed E-state index contributed by atoms with van der Waals surface area (Å²) < 4.78 is 35.2. The Morgan fingerprint density at radius 3 is 2.35 bits per heavy atom. The number of benzene rings is 1. The molecule has 1 aliphatic carbocycles. The number of likely N-dealkylation sites (tertiary alicyclic amines) is 1. The molecular weight excluding hydrogens is 476 g/mol. The molecule has 3 aromatic rings. The number of anilines is 2. The molecule has 2 aliphatic heterocycles. The van der Waals surface area contributed by atoms with Crippen molar-refractivity contribution in [3.63, 3.8) is 0 Å². The minimum atomic E-state index is -2.73. The third-order valence-electron chi connectivity index (χ3n) is 7.98. The van der Waals surface area contributed by atoms with Crippen LogP contribution in [0.4, 0.5) is 20.5 Å². The fraction of sp³-hybridized carbons (Fsp3) is 0.593. The van der Waals surface area contributed by atoms with Crippen LogP contribution in [0.3, 0.4) is 0 Å². The Labute approximate surface area is 216 Å². The van der Waals surface area contributed by atoms with Crippen molar-refractivity contribution in [3.8, 4) is 5.82 Å². The van der Waals surface area contributed by atoms with Gasteiger partial charge in [0, 0.05) is 31.2 Å². The van der Waals surface area contributed by atoms with Crippen molar-refractivity contribution in [3.05, 3.63) is 36.2 Å². The first-order chi connectivity index (χ1) is 18.2. The van der Waals surface area contributed by atoms with Gasteiger partial charge >= 0.3 is 0 Å². The highest BCUT2D eigenvalue weighted by atomic mass is 19.3. The van der Waals surface area contributed by atoms with E-state index in [0.717, 1.165) is 31.5 Å². The lowest BCUT2D eigenvalue weighted by Gasteiger charge is -2.39. The molecular formula is C27H35F2N7O. The van der Waals surface area contributed by atoms with Gasteiger partial charge in [0.2, 0.25) is 5.95 Å². The van der Waals surface area contributed by atoms with Crippen molar-refractivity contribution in [2.45, 2.75) is 63.5 Å². The summed E-state index contributed by atoms with van der Waals surface area (Å²) in [6.45, 7) is 5.06. The van der Waals surface area contributed by atoms with E-state index in [4.69, 9.17) is 14.7 Å². The zero-order chi connectivity index (χ0) is 25.2. The minimum absolute atomic E-state index is 0.267. The molecule has 37 heavy (non-hydrogen) atoms. The third kappa shape index (κ3) is 5.27. The van der Waals surface area contributed by atoms with E-state index in [9.17, 15) is 8.78 Å². The monoisotopic (exact) mass is 511 g/mol. The predicted octanol–water partition coefficient (Wildman–Crippen LogP) is 4.80. The number of imidazole rings is 1. The van der Waals surface area contributed by atoms with E-state index in [0.29, 0.717) is 55.1 Å². The highest BCUT2D eigenvalue weighted by Crippen LogP contribution is 2.31. The zero-order valence-corrected chi connectivity index (χ0v) is 21.2. The number of hydrogen-bond acceptors (Lipinski definition) is 7. The number of fused-ring (bicyclic) bond motifs is 1. The maximum Gasteiger partial charge on any atom is 0.296 e.